The molecule has 1 N–H and O–H groups in total. The van der Waals surface area contributed by atoms with E-state index in [0.29, 0.717) is 5.02 Å². The van der Waals surface area contributed by atoms with Gasteiger partial charge < -0.3 is 15.1 Å². The quantitative estimate of drug-likeness (QED) is 0.411. The molecule has 0 aliphatic heterocycles. The van der Waals surface area contributed by atoms with Crippen LogP contribution in [0.3, 0.4) is 0 Å². The van der Waals surface area contributed by atoms with Gasteiger partial charge in [0.15, 0.2) is 0 Å². The molecule has 178 valence electrons. The van der Waals surface area contributed by atoms with E-state index in [1.807, 2.05) is 24.1 Å². The number of carbonyl (C=O) groups is 1. The number of halogens is 1. The molecular weight excluding hydrogens is 470 g/mol. The molecule has 34 heavy (non-hydrogen) atoms. The topological polar surface area (TPSA) is 78.7 Å². The molecule has 0 fully saturated rings. The number of hydrogen-bond donors (Lipinski definition) is 1. The first-order chi connectivity index (χ1) is 16.4. The zero-order valence-electron chi connectivity index (χ0n) is 19.6. The molecule has 1 amide bonds. The standard InChI is InChI=1S/C24H28ClN7OS/c1-30(2)9-4-10-31(3)24(33)15-5-6-17-20(11-15)34-23-21(17)22(26-14-27-23)29-19-12-16-7-8-28-32(16)13-18(19)25/h7-8,12-15H,4-6,9-11H2,1-3H3,(H,26,27,29). The number of hydrogen-bond acceptors (Lipinski definition) is 7. The molecule has 1 aliphatic carbocycles. The highest BCUT2D eigenvalue weighted by Crippen LogP contribution is 2.41. The van der Waals surface area contributed by atoms with Crippen molar-refractivity contribution in [2.75, 3.05) is 39.5 Å². The normalized spacial score (nSPS) is 15.7. The van der Waals surface area contributed by atoms with E-state index in [1.54, 1.807) is 34.6 Å². The predicted octanol–water partition coefficient (Wildman–Crippen LogP) is 4.25. The monoisotopic (exact) mass is 497 g/mol. The maximum Gasteiger partial charge on any atom is 0.225 e. The molecule has 0 saturated heterocycles. The van der Waals surface area contributed by atoms with E-state index in [0.717, 1.165) is 66.0 Å². The summed E-state index contributed by atoms with van der Waals surface area (Å²) in [6.45, 7) is 1.77. The van der Waals surface area contributed by atoms with Crippen LogP contribution < -0.4 is 5.32 Å². The van der Waals surface area contributed by atoms with Gasteiger partial charge in [-0.05, 0) is 64.0 Å². The Morgan fingerprint density at radius 2 is 2.15 bits per heavy atom. The van der Waals surface area contributed by atoms with E-state index in [1.165, 1.54) is 10.4 Å². The maximum absolute atomic E-state index is 13.1. The van der Waals surface area contributed by atoms with Crippen molar-refractivity contribution in [1.82, 2.24) is 29.4 Å². The van der Waals surface area contributed by atoms with Crippen LogP contribution in [0.5, 0.6) is 0 Å². The Bertz CT molecular complexity index is 1350. The van der Waals surface area contributed by atoms with Crippen molar-refractivity contribution in [3.63, 3.8) is 0 Å². The first-order valence-electron chi connectivity index (χ1n) is 11.5. The summed E-state index contributed by atoms with van der Waals surface area (Å²) in [6, 6.07) is 3.89. The number of anilines is 2. The van der Waals surface area contributed by atoms with E-state index in [-0.39, 0.29) is 11.8 Å². The number of thiophene rings is 1. The molecule has 10 heteroatoms. The van der Waals surface area contributed by atoms with Crippen LogP contribution >= 0.6 is 22.9 Å². The third-order valence-electron chi connectivity index (χ3n) is 6.41. The van der Waals surface area contributed by atoms with Gasteiger partial charge in [0.2, 0.25) is 5.91 Å². The SMILES string of the molecule is CN(C)CCCN(C)C(=O)C1CCc2c(sc3ncnc(Nc4cc5ccnn5cc4Cl)c23)C1. The fourth-order valence-corrected chi connectivity index (χ4v) is 6.09. The maximum atomic E-state index is 13.1. The lowest BCUT2D eigenvalue weighted by Crippen LogP contribution is -2.36. The largest absolute Gasteiger partial charge is 0.345 e. The van der Waals surface area contributed by atoms with E-state index in [4.69, 9.17) is 11.6 Å². The highest BCUT2D eigenvalue weighted by molar-refractivity contribution is 7.19. The van der Waals surface area contributed by atoms with Gasteiger partial charge in [0, 0.05) is 36.8 Å². The number of aromatic nitrogens is 4. The number of nitrogens with one attached hydrogen (secondary N) is 1. The molecule has 0 bridgehead atoms. The van der Waals surface area contributed by atoms with Gasteiger partial charge in [0.25, 0.3) is 0 Å². The number of rotatable bonds is 7. The third-order valence-corrected chi connectivity index (χ3v) is 7.87. The van der Waals surface area contributed by atoms with Crippen LogP contribution in [0.15, 0.2) is 30.9 Å². The smallest absolute Gasteiger partial charge is 0.225 e. The van der Waals surface area contributed by atoms with Crippen LogP contribution in [-0.4, -0.2) is 69.5 Å². The Balaban J connectivity index is 1.38. The van der Waals surface area contributed by atoms with E-state index >= 15 is 0 Å². The van der Waals surface area contributed by atoms with Crippen LogP contribution in [0.2, 0.25) is 5.02 Å². The molecule has 4 heterocycles. The van der Waals surface area contributed by atoms with Crippen LogP contribution in [-0.2, 0) is 17.6 Å². The van der Waals surface area contributed by atoms with Crippen LogP contribution in [0, 0.1) is 5.92 Å². The average Bonchev–Trinajstić information content (AvgIpc) is 3.42. The number of nitrogens with zero attached hydrogens (tertiary/aromatic N) is 6. The first-order valence-corrected chi connectivity index (χ1v) is 12.6. The predicted molar refractivity (Wildman–Crippen MR) is 137 cm³/mol. The second-order valence-corrected chi connectivity index (χ2v) is 10.6. The van der Waals surface area contributed by atoms with Gasteiger partial charge in [0.1, 0.15) is 17.0 Å². The highest BCUT2D eigenvalue weighted by Gasteiger charge is 2.30. The van der Waals surface area contributed by atoms with Crippen molar-refractivity contribution < 1.29 is 4.79 Å². The summed E-state index contributed by atoms with van der Waals surface area (Å²) in [6.07, 6.45) is 8.53. The Hall–Kier alpha value is -2.75. The molecule has 4 aromatic heterocycles. The van der Waals surface area contributed by atoms with Crippen molar-refractivity contribution in [2.24, 2.45) is 5.92 Å². The number of carbonyl (C=O) groups excluding carboxylic acids is 1. The van der Waals surface area contributed by atoms with E-state index in [9.17, 15) is 4.79 Å². The Kier molecular flexibility index (Phi) is 6.42. The van der Waals surface area contributed by atoms with Crippen molar-refractivity contribution in [2.45, 2.75) is 25.7 Å². The second-order valence-electron chi connectivity index (χ2n) is 9.12. The van der Waals surface area contributed by atoms with Crippen LogP contribution in [0.1, 0.15) is 23.3 Å². The Labute approximate surface area is 207 Å². The molecular formula is C24H28ClN7OS. The summed E-state index contributed by atoms with van der Waals surface area (Å²) >= 11 is 8.18. The Morgan fingerprint density at radius 1 is 1.29 bits per heavy atom. The summed E-state index contributed by atoms with van der Waals surface area (Å²) in [5.41, 5.74) is 2.97. The minimum absolute atomic E-state index is 0.0213. The van der Waals surface area contributed by atoms with E-state index < -0.39 is 0 Å². The van der Waals surface area contributed by atoms with Gasteiger partial charge in [0.05, 0.1) is 21.6 Å². The lowest BCUT2D eigenvalue weighted by atomic mass is 9.87. The van der Waals surface area contributed by atoms with Gasteiger partial charge in [-0.25, -0.2) is 14.5 Å². The van der Waals surface area contributed by atoms with E-state index in [2.05, 4.69) is 39.4 Å². The molecule has 5 rings (SSSR count). The molecule has 8 nitrogen and oxygen atoms in total. The highest BCUT2D eigenvalue weighted by atomic mass is 35.5. The van der Waals surface area contributed by atoms with Crippen molar-refractivity contribution in [3.05, 3.63) is 46.3 Å². The average molecular weight is 498 g/mol. The summed E-state index contributed by atoms with van der Waals surface area (Å²) in [7, 11) is 6.04. The number of aryl methyl sites for hydroxylation is 1. The fraction of sp³-hybridized carbons (Fsp3) is 0.417. The minimum Gasteiger partial charge on any atom is -0.345 e. The lowest BCUT2D eigenvalue weighted by molar-refractivity contribution is -0.134. The lowest BCUT2D eigenvalue weighted by Gasteiger charge is -2.27. The molecule has 0 saturated carbocycles. The number of amides is 1. The molecule has 0 radical (unpaired) electrons. The van der Waals surface area contributed by atoms with Crippen molar-refractivity contribution in [3.8, 4) is 0 Å². The van der Waals surface area contributed by atoms with Crippen LogP contribution in [0.4, 0.5) is 11.5 Å². The zero-order chi connectivity index (χ0) is 23.8. The van der Waals surface area contributed by atoms with Gasteiger partial charge in [-0.2, -0.15) is 5.10 Å². The molecule has 0 spiro atoms. The summed E-state index contributed by atoms with van der Waals surface area (Å²) < 4.78 is 1.74. The summed E-state index contributed by atoms with van der Waals surface area (Å²) in [5.74, 6) is 1.01. The van der Waals surface area contributed by atoms with Gasteiger partial charge in [-0.1, -0.05) is 11.6 Å². The number of pyridine rings is 1. The molecule has 0 aromatic carbocycles. The molecule has 1 aliphatic rings. The molecule has 4 aromatic rings. The van der Waals surface area contributed by atoms with Crippen molar-refractivity contribution in [1.29, 1.82) is 0 Å². The number of fused-ring (bicyclic) bond motifs is 4. The second kappa shape index (κ2) is 9.48. The van der Waals surface area contributed by atoms with Gasteiger partial charge >= 0.3 is 0 Å². The van der Waals surface area contributed by atoms with Gasteiger partial charge in [-0.15, -0.1) is 11.3 Å². The fourth-order valence-electron chi connectivity index (χ4n) is 4.63. The Morgan fingerprint density at radius 3 is 2.97 bits per heavy atom. The zero-order valence-corrected chi connectivity index (χ0v) is 21.2. The van der Waals surface area contributed by atoms with Crippen LogP contribution in [0.25, 0.3) is 15.7 Å². The summed E-state index contributed by atoms with van der Waals surface area (Å²) in [5, 5.41) is 9.26. The minimum atomic E-state index is 0.0213. The first kappa shape index (κ1) is 23.0. The molecule has 1 unspecified atom stereocenters. The molecule has 1 atom stereocenters. The van der Waals surface area contributed by atoms with Gasteiger partial charge in [-0.3, -0.25) is 4.79 Å². The van der Waals surface area contributed by atoms with Crippen molar-refractivity contribution >= 4 is 56.1 Å². The summed E-state index contributed by atoms with van der Waals surface area (Å²) in [4.78, 5) is 28.4. The third kappa shape index (κ3) is 4.47.